The lowest BCUT2D eigenvalue weighted by atomic mass is 10.2. The molecule has 0 amide bonds. The Bertz CT molecular complexity index is 635. The Morgan fingerprint density at radius 1 is 1.65 bits per heavy atom. The van der Waals surface area contributed by atoms with Gasteiger partial charge in [0.05, 0.1) is 17.2 Å². The van der Waals surface area contributed by atoms with Gasteiger partial charge in [0.25, 0.3) is 0 Å². The van der Waals surface area contributed by atoms with Crippen LogP contribution < -0.4 is 10.7 Å². The molecular weight excluding hydrogens is 344 g/mol. The number of hydrogen-bond donors (Lipinski definition) is 3. The van der Waals surface area contributed by atoms with E-state index in [1.165, 1.54) is 12.3 Å². The van der Waals surface area contributed by atoms with Crippen LogP contribution in [0.5, 0.6) is 5.75 Å². The van der Waals surface area contributed by atoms with Crippen LogP contribution in [-0.4, -0.2) is 40.6 Å². The summed E-state index contributed by atoms with van der Waals surface area (Å²) >= 11 is 10.8. The number of nitrogens with zero attached hydrogens (tertiary/aromatic N) is 2. The normalized spacial score (nSPS) is 17.3. The Morgan fingerprint density at radius 3 is 3.09 bits per heavy atom. The number of hydrogen-bond acceptors (Lipinski definition) is 6. The van der Waals surface area contributed by atoms with E-state index in [4.69, 9.17) is 28.6 Å². The lowest BCUT2D eigenvalue weighted by Crippen LogP contribution is -2.37. The van der Waals surface area contributed by atoms with Crippen molar-refractivity contribution in [3.8, 4) is 5.75 Å². The van der Waals surface area contributed by atoms with E-state index in [-0.39, 0.29) is 21.8 Å². The SMILES string of the molecule is O=[N+]([O-])c1cc(Cl)cc(/C=N\NC(=S)NC[C@H]2CCCO2)c1O. The minimum absolute atomic E-state index is 0.110. The standard InChI is InChI=1S/C13H15ClN4O4S/c14-9-4-8(12(19)11(5-9)18(20)21)6-16-17-13(23)15-7-10-2-1-3-22-10/h4-6,10,19H,1-3,7H2,(H2,15,17,23)/b16-6-/t10-/m1/s1. The van der Waals surface area contributed by atoms with Crippen LogP contribution in [0.1, 0.15) is 18.4 Å². The number of phenols is 1. The molecule has 0 aliphatic carbocycles. The molecular formula is C13H15ClN4O4S. The third-order valence-corrected chi connectivity index (χ3v) is 3.62. The van der Waals surface area contributed by atoms with Gasteiger partial charge in [-0.3, -0.25) is 15.5 Å². The summed E-state index contributed by atoms with van der Waals surface area (Å²) in [6.45, 7) is 1.34. The summed E-state index contributed by atoms with van der Waals surface area (Å²) in [6, 6.07) is 2.42. The van der Waals surface area contributed by atoms with Crippen molar-refractivity contribution in [1.82, 2.24) is 10.7 Å². The van der Waals surface area contributed by atoms with Gasteiger partial charge < -0.3 is 15.2 Å². The molecule has 8 nitrogen and oxygen atoms in total. The third-order valence-electron chi connectivity index (χ3n) is 3.16. The van der Waals surface area contributed by atoms with Gasteiger partial charge in [-0.2, -0.15) is 5.10 Å². The zero-order valence-electron chi connectivity index (χ0n) is 12.0. The highest BCUT2D eigenvalue weighted by molar-refractivity contribution is 7.80. The molecule has 1 aromatic rings. The van der Waals surface area contributed by atoms with E-state index in [2.05, 4.69) is 15.8 Å². The summed E-state index contributed by atoms with van der Waals surface area (Å²) in [5.41, 5.74) is 2.18. The van der Waals surface area contributed by atoms with Gasteiger partial charge in [0.1, 0.15) is 0 Å². The summed E-state index contributed by atoms with van der Waals surface area (Å²) in [4.78, 5) is 10.1. The van der Waals surface area contributed by atoms with Crippen LogP contribution in [0, 0.1) is 10.1 Å². The molecule has 1 fully saturated rings. The smallest absolute Gasteiger partial charge is 0.312 e. The van der Waals surface area contributed by atoms with Crippen molar-refractivity contribution in [2.45, 2.75) is 18.9 Å². The highest BCUT2D eigenvalue weighted by Gasteiger charge is 2.18. The maximum atomic E-state index is 10.8. The molecule has 1 aliphatic rings. The van der Waals surface area contributed by atoms with E-state index < -0.39 is 16.4 Å². The lowest BCUT2D eigenvalue weighted by molar-refractivity contribution is -0.385. The molecule has 1 aromatic carbocycles. The van der Waals surface area contributed by atoms with Gasteiger partial charge in [-0.15, -0.1) is 0 Å². The van der Waals surface area contributed by atoms with Crippen LogP contribution in [0.2, 0.25) is 5.02 Å². The van der Waals surface area contributed by atoms with Crippen molar-refractivity contribution in [2.75, 3.05) is 13.2 Å². The molecule has 2 rings (SSSR count). The number of nitro groups is 1. The van der Waals surface area contributed by atoms with Crippen molar-refractivity contribution in [3.05, 3.63) is 32.8 Å². The van der Waals surface area contributed by atoms with Crippen LogP contribution in [-0.2, 0) is 4.74 Å². The second-order valence-corrected chi connectivity index (χ2v) is 5.68. The summed E-state index contributed by atoms with van der Waals surface area (Å²) < 4.78 is 5.44. The Hall–Kier alpha value is -1.97. The average Bonchev–Trinajstić information content (AvgIpc) is 3.01. The Kier molecular flexibility index (Phi) is 6.08. The van der Waals surface area contributed by atoms with Crippen LogP contribution in [0.15, 0.2) is 17.2 Å². The number of nitrogens with one attached hydrogen (secondary N) is 2. The molecule has 0 bridgehead atoms. The predicted molar refractivity (Wildman–Crippen MR) is 90.1 cm³/mol. The van der Waals surface area contributed by atoms with Crippen molar-refractivity contribution >= 4 is 40.8 Å². The number of thiocarbonyl (C=S) groups is 1. The van der Waals surface area contributed by atoms with Gasteiger partial charge in [0.2, 0.25) is 5.75 Å². The largest absolute Gasteiger partial charge is 0.502 e. The molecule has 0 aromatic heterocycles. The molecule has 1 heterocycles. The van der Waals surface area contributed by atoms with Crippen LogP contribution >= 0.6 is 23.8 Å². The first-order valence-electron chi connectivity index (χ1n) is 6.83. The topological polar surface area (TPSA) is 109 Å². The fourth-order valence-electron chi connectivity index (χ4n) is 2.05. The third kappa shape index (κ3) is 5.02. The van der Waals surface area contributed by atoms with E-state index in [0.29, 0.717) is 6.54 Å². The maximum Gasteiger partial charge on any atom is 0.312 e. The van der Waals surface area contributed by atoms with Gasteiger partial charge in [-0.05, 0) is 31.1 Å². The second kappa shape index (κ2) is 8.04. The molecule has 1 saturated heterocycles. The average molecular weight is 359 g/mol. The quantitative estimate of drug-likeness (QED) is 0.319. The van der Waals surface area contributed by atoms with E-state index in [9.17, 15) is 15.2 Å². The second-order valence-electron chi connectivity index (χ2n) is 4.83. The number of benzene rings is 1. The molecule has 0 spiro atoms. The molecule has 124 valence electrons. The zero-order chi connectivity index (χ0) is 16.8. The lowest BCUT2D eigenvalue weighted by Gasteiger charge is -2.11. The van der Waals surface area contributed by atoms with Gasteiger partial charge in [0.15, 0.2) is 5.11 Å². The number of nitro benzene ring substituents is 1. The first-order chi connectivity index (χ1) is 11.0. The predicted octanol–water partition coefficient (Wildman–Crippen LogP) is 1.93. The molecule has 1 aliphatic heterocycles. The number of rotatable bonds is 5. The first-order valence-corrected chi connectivity index (χ1v) is 7.61. The fraction of sp³-hybridized carbons (Fsp3) is 0.385. The van der Waals surface area contributed by atoms with Gasteiger partial charge in [0, 0.05) is 29.8 Å². The van der Waals surface area contributed by atoms with Gasteiger partial charge >= 0.3 is 5.69 Å². The van der Waals surface area contributed by atoms with Crippen LogP contribution in [0.4, 0.5) is 5.69 Å². The van der Waals surface area contributed by atoms with Crippen molar-refractivity contribution in [3.63, 3.8) is 0 Å². The summed E-state index contributed by atoms with van der Waals surface area (Å²) in [6.07, 6.45) is 3.36. The van der Waals surface area contributed by atoms with E-state index in [1.54, 1.807) is 0 Å². The number of halogens is 1. The Balaban J connectivity index is 1.92. The van der Waals surface area contributed by atoms with Crippen molar-refractivity contribution in [2.24, 2.45) is 5.10 Å². The van der Waals surface area contributed by atoms with E-state index in [1.807, 2.05) is 0 Å². The molecule has 0 saturated carbocycles. The van der Waals surface area contributed by atoms with Gasteiger partial charge in [-0.25, -0.2) is 0 Å². The highest BCUT2D eigenvalue weighted by atomic mass is 35.5. The Labute approximate surface area is 142 Å². The summed E-state index contributed by atoms with van der Waals surface area (Å²) in [5, 5.41) is 27.8. The van der Waals surface area contributed by atoms with Crippen LogP contribution in [0.25, 0.3) is 0 Å². The van der Waals surface area contributed by atoms with Crippen molar-refractivity contribution in [1.29, 1.82) is 0 Å². The monoisotopic (exact) mass is 358 g/mol. The fourth-order valence-corrected chi connectivity index (χ4v) is 2.41. The van der Waals surface area contributed by atoms with E-state index >= 15 is 0 Å². The molecule has 3 N–H and O–H groups in total. The maximum absolute atomic E-state index is 10.8. The number of hydrazone groups is 1. The van der Waals surface area contributed by atoms with Crippen LogP contribution in [0.3, 0.4) is 0 Å². The molecule has 1 atom stereocenters. The number of aromatic hydroxyl groups is 1. The Morgan fingerprint density at radius 2 is 2.43 bits per heavy atom. The molecule has 0 unspecified atom stereocenters. The summed E-state index contributed by atoms with van der Waals surface area (Å²) in [7, 11) is 0. The van der Waals surface area contributed by atoms with Crippen molar-refractivity contribution < 1.29 is 14.8 Å². The molecule has 10 heteroatoms. The van der Waals surface area contributed by atoms with E-state index in [0.717, 1.165) is 25.5 Å². The zero-order valence-corrected chi connectivity index (χ0v) is 13.6. The van der Waals surface area contributed by atoms with Gasteiger partial charge in [-0.1, -0.05) is 11.6 Å². The number of ether oxygens (including phenoxy) is 1. The highest BCUT2D eigenvalue weighted by Crippen LogP contribution is 2.32. The summed E-state index contributed by atoms with van der Waals surface area (Å²) in [5.74, 6) is -0.511. The minimum Gasteiger partial charge on any atom is -0.502 e. The first kappa shape index (κ1) is 17.4. The molecule has 23 heavy (non-hydrogen) atoms. The number of phenolic OH excluding ortho intramolecular Hbond substituents is 1. The minimum atomic E-state index is -0.722. The molecule has 0 radical (unpaired) electrons.